The lowest BCUT2D eigenvalue weighted by molar-refractivity contribution is 0.0313. The summed E-state index contributed by atoms with van der Waals surface area (Å²) in [6.45, 7) is 3.75. The molecule has 0 heterocycles. The molecule has 0 radical (unpaired) electrons. The highest BCUT2D eigenvalue weighted by Gasteiger charge is 2.25. The number of halogens is 1. The van der Waals surface area contributed by atoms with Crippen molar-refractivity contribution in [1.82, 2.24) is 5.32 Å². The summed E-state index contributed by atoms with van der Waals surface area (Å²) in [5.74, 6) is -1.06. The number of hydrogen-bond acceptors (Lipinski definition) is 3. The van der Waals surface area contributed by atoms with Crippen LogP contribution in [0.2, 0.25) is 0 Å². The van der Waals surface area contributed by atoms with Gasteiger partial charge in [-0.25, -0.2) is 4.39 Å². The van der Waals surface area contributed by atoms with Gasteiger partial charge >= 0.3 is 0 Å². The average Bonchev–Trinajstić information content (AvgIpc) is 2.44. The summed E-state index contributed by atoms with van der Waals surface area (Å²) in [7, 11) is 1.37. The van der Waals surface area contributed by atoms with Crippen LogP contribution in [0.1, 0.15) is 37.0 Å². The van der Waals surface area contributed by atoms with Crippen molar-refractivity contribution in [2.75, 3.05) is 13.7 Å². The molecule has 0 atom stereocenters. The van der Waals surface area contributed by atoms with E-state index in [-0.39, 0.29) is 17.9 Å². The lowest BCUT2D eigenvalue weighted by Crippen LogP contribution is -2.42. The fraction of sp³-hybridized carbons (Fsp3) is 0.500. The lowest BCUT2D eigenvalue weighted by Gasteiger charge is -2.25. The van der Waals surface area contributed by atoms with Crippen molar-refractivity contribution >= 4 is 5.91 Å². The second-order valence-corrected chi connectivity index (χ2v) is 4.43. The second kappa shape index (κ2) is 6.52. The van der Waals surface area contributed by atoms with E-state index in [1.54, 1.807) is 0 Å². The SMILES string of the molecule is CCC(O)(CC)CNC(=O)c1c(F)cccc1OC. The number of benzene rings is 1. The molecule has 0 aliphatic carbocycles. The Hall–Kier alpha value is -1.62. The highest BCUT2D eigenvalue weighted by molar-refractivity contribution is 5.97. The maximum atomic E-state index is 13.7. The number of nitrogens with one attached hydrogen (secondary N) is 1. The molecule has 2 N–H and O–H groups in total. The van der Waals surface area contributed by atoms with E-state index in [1.807, 2.05) is 13.8 Å². The molecule has 0 spiro atoms. The van der Waals surface area contributed by atoms with E-state index in [9.17, 15) is 14.3 Å². The van der Waals surface area contributed by atoms with Crippen LogP contribution in [0.5, 0.6) is 5.75 Å². The average molecular weight is 269 g/mol. The Balaban J connectivity index is 2.85. The Kier molecular flexibility index (Phi) is 5.30. The van der Waals surface area contributed by atoms with Gasteiger partial charge in [-0.3, -0.25) is 4.79 Å². The zero-order chi connectivity index (χ0) is 14.5. The molecule has 0 saturated carbocycles. The summed E-state index contributed by atoms with van der Waals surface area (Å²) in [5.41, 5.74) is -1.10. The van der Waals surface area contributed by atoms with E-state index in [4.69, 9.17) is 4.74 Å². The van der Waals surface area contributed by atoms with Crippen LogP contribution in [0.25, 0.3) is 0 Å². The molecule has 0 unspecified atom stereocenters. The van der Waals surface area contributed by atoms with E-state index in [1.165, 1.54) is 25.3 Å². The molecule has 1 amide bonds. The van der Waals surface area contributed by atoms with Gasteiger partial charge in [0.1, 0.15) is 17.1 Å². The molecular weight excluding hydrogens is 249 g/mol. The number of ether oxygens (including phenoxy) is 1. The standard InChI is InChI=1S/C14H20FNO3/c1-4-14(18,5-2)9-16-13(17)12-10(15)7-6-8-11(12)19-3/h6-8,18H,4-5,9H2,1-3H3,(H,16,17). The molecule has 0 aromatic heterocycles. The van der Waals surface area contributed by atoms with Crippen LogP contribution in [0.4, 0.5) is 4.39 Å². The van der Waals surface area contributed by atoms with Crippen molar-refractivity contribution in [3.63, 3.8) is 0 Å². The quantitative estimate of drug-likeness (QED) is 0.831. The molecular formula is C14H20FNO3. The molecule has 0 fully saturated rings. The molecule has 0 saturated heterocycles. The molecule has 0 aliphatic heterocycles. The van der Waals surface area contributed by atoms with Crippen molar-refractivity contribution in [2.24, 2.45) is 0 Å². The Morgan fingerprint density at radius 3 is 2.58 bits per heavy atom. The first-order valence-corrected chi connectivity index (χ1v) is 6.30. The van der Waals surface area contributed by atoms with Gasteiger partial charge in [0.05, 0.1) is 12.7 Å². The highest BCUT2D eigenvalue weighted by atomic mass is 19.1. The predicted molar refractivity (Wildman–Crippen MR) is 70.8 cm³/mol. The molecule has 1 rings (SSSR count). The second-order valence-electron chi connectivity index (χ2n) is 4.43. The van der Waals surface area contributed by atoms with E-state index < -0.39 is 17.3 Å². The third-order valence-corrected chi connectivity index (χ3v) is 3.32. The molecule has 0 bridgehead atoms. The predicted octanol–water partition coefficient (Wildman–Crippen LogP) is 2.12. The zero-order valence-corrected chi connectivity index (χ0v) is 11.5. The fourth-order valence-corrected chi connectivity index (χ4v) is 1.73. The Bertz CT molecular complexity index is 444. The van der Waals surface area contributed by atoms with Gasteiger partial charge in [-0.1, -0.05) is 19.9 Å². The summed E-state index contributed by atoms with van der Waals surface area (Å²) < 4.78 is 18.6. The Morgan fingerprint density at radius 2 is 2.05 bits per heavy atom. The fourth-order valence-electron chi connectivity index (χ4n) is 1.73. The lowest BCUT2D eigenvalue weighted by atomic mass is 9.97. The van der Waals surface area contributed by atoms with Gasteiger partial charge < -0.3 is 15.2 Å². The molecule has 5 heteroatoms. The van der Waals surface area contributed by atoms with Crippen LogP contribution in [0.3, 0.4) is 0 Å². The van der Waals surface area contributed by atoms with Crippen LogP contribution >= 0.6 is 0 Å². The summed E-state index contributed by atoms with van der Waals surface area (Å²) in [6.07, 6.45) is 1.02. The van der Waals surface area contributed by atoms with Crippen LogP contribution in [0.15, 0.2) is 18.2 Å². The molecule has 1 aromatic rings. The van der Waals surface area contributed by atoms with Crippen molar-refractivity contribution in [2.45, 2.75) is 32.3 Å². The first-order chi connectivity index (χ1) is 8.97. The first-order valence-electron chi connectivity index (χ1n) is 6.30. The summed E-state index contributed by atoms with van der Waals surface area (Å²) in [4.78, 5) is 12.0. The van der Waals surface area contributed by atoms with Crippen LogP contribution < -0.4 is 10.1 Å². The Labute approximate surface area is 112 Å². The van der Waals surface area contributed by atoms with E-state index in [0.717, 1.165) is 0 Å². The topological polar surface area (TPSA) is 58.6 Å². The number of amides is 1. The molecule has 1 aromatic carbocycles. The summed E-state index contributed by atoms with van der Waals surface area (Å²) in [5, 5.41) is 12.6. The van der Waals surface area contributed by atoms with Crippen LogP contribution in [0, 0.1) is 5.82 Å². The molecule has 106 valence electrons. The third-order valence-electron chi connectivity index (χ3n) is 3.32. The Morgan fingerprint density at radius 1 is 1.42 bits per heavy atom. The summed E-state index contributed by atoms with van der Waals surface area (Å²) >= 11 is 0. The van der Waals surface area contributed by atoms with Crippen molar-refractivity contribution in [1.29, 1.82) is 0 Å². The van der Waals surface area contributed by atoms with E-state index in [0.29, 0.717) is 12.8 Å². The minimum absolute atomic E-state index is 0.0797. The van der Waals surface area contributed by atoms with Gasteiger partial charge in [-0.05, 0) is 25.0 Å². The van der Waals surface area contributed by atoms with Crippen molar-refractivity contribution < 1.29 is 19.0 Å². The molecule has 4 nitrogen and oxygen atoms in total. The molecule has 19 heavy (non-hydrogen) atoms. The van der Waals surface area contributed by atoms with Crippen LogP contribution in [-0.2, 0) is 0 Å². The van der Waals surface area contributed by atoms with Gasteiger partial charge in [-0.2, -0.15) is 0 Å². The van der Waals surface area contributed by atoms with Crippen LogP contribution in [-0.4, -0.2) is 30.3 Å². The minimum Gasteiger partial charge on any atom is -0.496 e. The van der Waals surface area contributed by atoms with Gasteiger partial charge in [0, 0.05) is 6.54 Å². The van der Waals surface area contributed by atoms with Crippen molar-refractivity contribution in [3.8, 4) is 5.75 Å². The van der Waals surface area contributed by atoms with E-state index in [2.05, 4.69) is 5.32 Å². The maximum Gasteiger partial charge on any atom is 0.258 e. The maximum absolute atomic E-state index is 13.7. The normalized spacial score (nSPS) is 11.2. The number of methoxy groups -OCH3 is 1. The first kappa shape index (κ1) is 15.4. The number of rotatable bonds is 6. The van der Waals surface area contributed by atoms with Gasteiger partial charge in [0.15, 0.2) is 0 Å². The minimum atomic E-state index is -0.964. The number of carbonyl (C=O) groups excluding carboxylic acids is 1. The highest BCUT2D eigenvalue weighted by Crippen LogP contribution is 2.21. The largest absolute Gasteiger partial charge is 0.496 e. The summed E-state index contributed by atoms with van der Waals surface area (Å²) in [6, 6.07) is 4.19. The third kappa shape index (κ3) is 3.67. The number of carbonyl (C=O) groups is 1. The van der Waals surface area contributed by atoms with Crippen molar-refractivity contribution in [3.05, 3.63) is 29.6 Å². The monoisotopic (exact) mass is 269 g/mol. The van der Waals surface area contributed by atoms with Gasteiger partial charge in [0.2, 0.25) is 0 Å². The molecule has 0 aliphatic rings. The van der Waals surface area contributed by atoms with E-state index >= 15 is 0 Å². The number of hydrogen-bond donors (Lipinski definition) is 2. The van der Waals surface area contributed by atoms with Gasteiger partial charge in [-0.15, -0.1) is 0 Å². The smallest absolute Gasteiger partial charge is 0.258 e. The van der Waals surface area contributed by atoms with Gasteiger partial charge in [0.25, 0.3) is 5.91 Å². The number of aliphatic hydroxyl groups is 1. The zero-order valence-electron chi connectivity index (χ0n) is 11.5.